The first-order valence-corrected chi connectivity index (χ1v) is 10.5. The van der Waals surface area contributed by atoms with Gasteiger partial charge in [0.15, 0.2) is 0 Å². The Kier molecular flexibility index (Phi) is 7.66. The summed E-state index contributed by atoms with van der Waals surface area (Å²) < 4.78 is 11.2. The van der Waals surface area contributed by atoms with Gasteiger partial charge >= 0.3 is 0 Å². The van der Waals surface area contributed by atoms with Crippen molar-refractivity contribution >= 4 is 33.4 Å². The molecule has 0 aromatic heterocycles. The second-order valence-electron chi connectivity index (χ2n) is 6.84. The summed E-state index contributed by atoms with van der Waals surface area (Å²) in [5, 5.41) is 2.88. The summed E-state index contributed by atoms with van der Waals surface area (Å²) in [6, 6.07) is 12.3. The quantitative estimate of drug-likeness (QED) is 0.623. The number of hydrogen-bond acceptors (Lipinski definition) is 4. The van der Waals surface area contributed by atoms with Gasteiger partial charge in [-0.15, -0.1) is 0 Å². The number of carbonyl (C=O) groups excluding carboxylic acids is 2. The highest BCUT2D eigenvalue weighted by atomic mass is 79.9. The van der Waals surface area contributed by atoms with Crippen molar-refractivity contribution in [3.63, 3.8) is 0 Å². The monoisotopic (exact) mass is 460 g/mol. The molecule has 0 bridgehead atoms. The van der Waals surface area contributed by atoms with Gasteiger partial charge in [-0.25, -0.2) is 0 Å². The van der Waals surface area contributed by atoms with Crippen LogP contribution in [0.3, 0.4) is 0 Å². The van der Waals surface area contributed by atoms with Gasteiger partial charge < -0.3 is 19.7 Å². The minimum Gasteiger partial charge on any atom is -0.490 e. The summed E-state index contributed by atoms with van der Waals surface area (Å²) in [5.41, 5.74) is 1.50. The van der Waals surface area contributed by atoms with Gasteiger partial charge in [0.25, 0.3) is 11.8 Å². The Bertz CT molecular complexity index is 866. The molecule has 1 fully saturated rings. The molecule has 0 radical (unpaired) electrons. The molecule has 6 nitrogen and oxygen atoms in total. The van der Waals surface area contributed by atoms with Crippen molar-refractivity contribution in [2.75, 3.05) is 38.7 Å². The minimum atomic E-state index is -0.284. The summed E-state index contributed by atoms with van der Waals surface area (Å²) >= 11 is 3.44. The molecule has 0 aliphatic carbocycles. The Hall–Kier alpha value is -2.38. The number of amides is 2. The van der Waals surface area contributed by atoms with E-state index in [0.29, 0.717) is 40.3 Å². The normalized spacial score (nSPS) is 13.8. The number of para-hydroxylation sites is 1. The molecule has 1 heterocycles. The number of rotatable bonds is 7. The van der Waals surface area contributed by atoms with E-state index in [9.17, 15) is 9.59 Å². The van der Waals surface area contributed by atoms with Crippen LogP contribution in [0.25, 0.3) is 0 Å². The van der Waals surface area contributed by atoms with Gasteiger partial charge in [0.1, 0.15) is 12.4 Å². The highest BCUT2D eigenvalue weighted by molar-refractivity contribution is 9.10. The number of nitrogens with zero attached hydrogens (tertiary/aromatic N) is 1. The molecule has 0 spiro atoms. The predicted molar refractivity (Wildman–Crippen MR) is 116 cm³/mol. The molecule has 0 atom stereocenters. The number of piperidine rings is 1. The van der Waals surface area contributed by atoms with Crippen LogP contribution in [0.5, 0.6) is 5.75 Å². The van der Waals surface area contributed by atoms with E-state index in [1.807, 2.05) is 17.0 Å². The van der Waals surface area contributed by atoms with Crippen LogP contribution >= 0.6 is 15.9 Å². The lowest BCUT2D eigenvalue weighted by Gasteiger charge is -2.27. The fraction of sp³-hybridized carbons (Fsp3) is 0.364. The van der Waals surface area contributed by atoms with Crippen LogP contribution in [0, 0.1) is 0 Å². The van der Waals surface area contributed by atoms with Crippen LogP contribution < -0.4 is 10.1 Å². The molecule has 2 aromatic carbocycles. The second-order valence-corrected chi connectivity index (χ2v) is 7.69. The zero-order chi connectivity index (χ0) is 20.6. The molecule has 3 rings (SSSR count). The van der Waals surface area contributed by atoms with Gasteiger partial charge in [-0.3, -0.25) is 9.59 Å². The van der Waals surface area contributed by atoms with Crippen LogP contribution in [0.4, 0.5) is 5.69 Å². The molecular formula is C22H25BrN2O4. The second kappa shape index (κ2) is 10.4. The summed E-state index contributed by atoms with van der Waals surface area (Å²) in [6.07, 6.45) is 3.20. The van der Waals surface area contributed by atoms with Crippen LogP contribution in [0.1, 0.15) is 40.0 Å². The molecule has 1 aliphatic rings. The van der Waals surface area contributed by atoms with Gasteiger partial charge in [0.2, 0.25) is 0 Å². The number of benzene rings is 2. The predicted octanol–water partition coefficient (Wildman–Crippen LogP) is 4.35. The maximum atomic E-state index is 12.9. The average molecular weight is 461 g/mol. The molecule has 0 saturated carbocycles. The van der Waals surface area contributed by atoms with Crippen LogP contribution in [0.15, 0.2) is 46.9 Å². The Balaban J connectivity index is 1.72. The van der Waals surface area contributed by atoms with E-state index in [2.05, 4.69) is 21.2 Å². The summed E-state index contributed by atoms with van der Waals surface area (Å²) in [4.78, 5) is 27.5. The molecular weight excluding hydrogens is 436 g/mol. The van der Waals surface area contributed by atoms with Gasteiger partial charge in [-0.2, -0.15) is 0 Å². The van der Waals surface area contributed by atoms with Crippen molar-refractivity contribution in [3.05, 3.63) is 58.1 Å². The molecule has 154 valence electrons. The highest BCUT2D eigenvalue weighted by Crippen LogP contribution is 2.27. The van der Waals surface area contributed by atoms with Crippen molar-refractivity contribution in [2.45, 2.75) is 19.3 Å². The lowest BCUT2D eigenvalue weighted by atomic mass is 10.1. The van der Waals surface area contributed by atoms with E-state index in [0.717, 1.165) is 32.4 Å². The molecule has 2 amide bonds. The van der Waals surface area contributed by atoms with Crippen LogP contribution in [0.2, 0.25) is 0 Å². The van der Waals surface area contributed by atoms with Crippen LogP contribution in [-0.4, -0.2) is 50.1 Å². The van der Waals surface area contributed by atoms with Gasteiger partial charge in [0.05, 0.1) is 22.3 Å². The molecule has 2 aromatic rings. The maximum absolute atomic E-state index is 12.9. The van der Waals surface area contributed by atoms with Crippen LogP contribution in [-0.2, 0) is 4.74 Å². The van der Waals surface area contributed by atoms with Crippen molar-refractivity contribution in [3.8, 4) is 5.75 Å². The SMILES string of the molecule is COCCOc1ccc(C(=O)Nc2ccccc2C(=O)N2CCCCC2)cc1Br. The summed E-state index contributed by atoms with van der Waals surface area (Å²) in [6.45, 7) is 2.43. The van der Waals surface area contributed by atoms with Gasteiger partial charge in [-0.1, -0.05) is 12.1 Å². The zero-order valence-corrected chi connectivity index (χ0v) is 18.0. The number of hydrogen-bond donors (Lipinski definition) is 1. The number of ether oxygens (including phenoxy) is 2. The smallest absolute Gasteiger partial charge is 0.255 e. The highest BCUT2D eigenvalue weighted by Gasteiger charge is 2.21. The summed E-state index contributed by atoms with van der Waals surface area (Å²) in [7, 11) is 1.61. The number of carbonyl (C=O) groups is 2. The van der Waals surface area contributed by atoms with Crippen molar-refractivity contribution in [2.24, 2.45) is 0 Å². The first kappa shape index (κ1) is 21.3. The number of anilines is 1. The standard InChI is InChI=1S/C22H25BrN2O4/c1-28-13-14-29-20-10-9-16(15-18(20)23)21(26)24-19-8-4-3-7-17(19)22(27)25-11-5-2-6-12-25/h3-4,7-10,15H,2,5-6,11-14H2,1H3,(H,24,26). The Morgan fingerprint density at radius 3 is 2.55 bits per heavy atom. The van der Waals surface area contributed by atoms with Crippen molar-refractivity contribution < 1.29 is 19.1 Å². The average Bonchev–Trinajstić information content (AvgIpc) is 2.75. The molecule has 7 heteroatoms. The van der Waals surface area contributed by atoms with E-state index in [4.69, 9.17) is 9.47 Å². The van der Waals surface area contributed by atoms with E-state index in [-0.39, 0.29) is 11.8 Å². The molecule has 1 aliphatic heterocycles. The van der Waals surface area contributed by atoms with Crippen molar-refractivity contribution in [1.82, 2.24) is 4.90 Å². The van der Waals surface area contributed by atoms with E-state index in [1.54, 1.807) is 37.4 Å². The Labute approximate surface area is 179 Å². The Morgan fingerprint density at radius 2 is 1.83 bits per heavy atom. The zero-order valence-electron chi connectivity index (χ0n) is 16.4. The fourth-order valence-corrected chi connectivity index (χ4v) is 3.73. The van der Waals surface area contributed by atoms with Gasteiger partial charge in [0, 0.05) is 25.8 Å². The first-order chi connectivity index (χ1) is 14.1. The topological polar surface area (TPSA) is 67.9 Å². The number of likely N-dealkylation sites (tertiary alicyclic amines) is 1. The van der Waals surface area contributed by atoms with E-state index < -0.39 is 0 Å². The lowest BCUT2D eigenvalue weighted by molar-refractivity contribution is 0.0725. The molecule has 1 saturated heterocycles. The number of methoxy groups -OCH3 is 1. The lowest BCUT2D eigenvalue weighted by Crippen LogP contribution is -2.36. The largest absolute Gasteiger partial charge is 0.490 e. The number of nitrogens with one attached hydrogen (secondary N) is 1. The number of halogens is 1. The first-order valence-electron chi connectivity index (χ1n) is 9.71. The third-order valence-corrected chi connectivity index (χ3v) is 5.41. The Morgan fingerprint density at radius 1 is 1.07 bits per heavy atom. The fourth-order valence-electron chi connectivity index (χ4n) is 3.23. The maximum Gasteiger partial charge on any atom is 0.255 e. The van der Waals surface area contributed by atoms with Gasteiger partial charge in [-0.05, 0) is 65.5 Å². The molecule has 1 N–H and O–H groups in total. The molecule has 0 unspecified atom stereocenters. The van der Waals surface area contributed by atoms with E-state index >= 15 is 0 Å². The third-order valence-electron chi connectivity index (χ3n) is 4.79. The summed E-state index contributed by atoms with van der Waals surface area (Å²) in [5.74, 6) is 0.316. The van der Waals surface area contributed by atoms with E-state index in [1.165, 1.54) is 0 Å². The molecule has 29 heavy (non-hydrogen) atoms. The van der Waals surface area contributed by atoms with Crippen molar-refractivity contribution in [1.29, 1.82) is 0 Å². The third kappa shape index (κ3) is 5.58. The minimum absolute atomic E-state index is 0.0383.